The van der Waals surface area contributed by atoms with Crippen molar-refractivity contribution in [3.05, 3.63) is 54.5 Å². The zero-order chi connectivity index (χ0) is 19.6. The number of hydrogen-bond acceptors (Lipinski definition) is 5. The topological polar surface area (TPSA) is 52.8 Å². The van der Waals surface area contributed by atoms with Crippen LogP contribution >= 0.6 is 11.8 Å². The van der Waals surface area contributed by atoms with Crippen LogP contribution in [0.2, 0.25) is 0 Å². The highest BCUT2D eigenvalue weighted by molar-refractivity contribution is 7.99. The molecule has 1 aliphatic rings. The van der Waals surface area contributed by atoms with Crippen molar-refractivity contribution in [1.29, 1.82) is 0 Å². The van der Waals surface area contributed by atoms with Gasteiger partial charge in [0.1, 0.15) is 5.69 Å². The van der Waals surface area contributed by atoms with Crippen LogP contribution in [0.4, 0.5) is 13.2 Å². The number of alkyl halides is 3. The van der Waals surface area contributed by atoms with Gasteiger partial charge in [0.2, 0.25) is 0 Å². The Morgan fingerprint density at radius 1 is 1.14 bits per heavy atom. The SMILES string of the molecule is FC(F)(F)c1ccnc(Sc2ncc(-c3ccccc3)n2C[C@@H]2CCCO2)n1. The van der Waals surface area contributed by atoms with Crippen LogP contribution < -0.4 is 0 Å². The van der Waals surface area contributed by atoms with Gasteiger partial charge in [0.15, 0.2) is 10.3 Å². The van der Waals surface area contributed by atoms with Gasteiger partial charge in [-0.1, -0.05) is 30.3 Å². The fraction of sp³-hybridized carbons (Fsp3) is 0.316. The van der Waals surface area contributed by atoms with Crippen LogP contribution in [0.5, 0.6) is 0 Å². The van der Waals surface area contributed by atoms with E-state index < -0.39 is 11.9 Å². The Morgan fingerprint density at radius 3 is 2.68 bits per heavy atom. The minimum atomic E-state index is -4.51. The lowest BCUT2D eigenvalue weighted by atomic mass is 10.1. The third-order valence-electron chi connectivity index (χ3n) is 4.41. The van der Waals surface area contributed by atoms with Gasteiger partial charge in [-0.15, -0.1) is 0 Å². The summed E-state index contributed by atoms with van der Waals surface area (Å²) in [7, 11) is 0. The Morgan fingerprint density at radius 2 is 1.96 bits per heavy atom. The molecule has 1 aromatic carbocycles. The molecule has 0 bridgehead atoms. The molecule has 0 saturated carbocycles. The first-order valence-corrected chi connectivity index (χ1v) is 9.63. The molecule has 2 aromatic heterocycles. The highest BCUT2D eigenvalue weighted by atomic mass is 32.2. The molecule has 0 amide bonds. The van der Waals surface area contributed by atoms with Crippen LogP contribution in [0, 0.1) is 0 Å². The van der Waals surface area contributed by atoms with Crippen LogP contribution in [0.25, 0.3) is 11.3 Å². The van der Waals surface area contributed by atoms with Gasteiger partial charge >= 0.3 is 6.18 Å². The van der Waals surface area contributed by atoms with E-state index in [1.54, 1.807) is 6.20 Å². The maximum Gasteiger partial charge on any atom is 0.433 e. The predicted octanol–water partition coefficient (Wildman–Crippen LogP) is 4.69. The van der Waals surface area contributed by atoms with Gasteiger partial charge in [0.25, 0.3) is 0 Å². The third-order valence-corrected chi connectivity index (χ3v) is 5.29. The molecule has 28 heavy (non-hydrogen) atoms. The van der Waals surface area contributed by atoms with Crippen molar-refractivity contribution in [1.82, 2.24) is 19.5 Å². The van der Waals surface area contributed by atoms with E-state index in [1.807, 2.05) is 34.9 Å². The van der Waals surface area contributed by atoms with Crippen molar-refractivity contribution in [3.8, 4) is 11.3 Å². The van der Waals surface area contributed by atoms with Gasteiger partial charge in [-0.05, 0) is 36.2 Å². The Balaban J connectivity index is 1.67. The molecule has 5 nitrogen and oxygen atoms in total. The second-order valence-corrected chi connectivity index (χ2v) is 7.30. The number of imidazole rings is 1. The fourth-order valence-electron chi connectivity index (χ4n) is 3.08. The second-order valence-electron chi connectivity index (χ2n) is 6.36. The van der Waals surface area contributed by atoms with Crippen LogP contribution in [0.1, 0.15) is 18.5 Å². The summed E-state index contributed by atoms with van der Waals surface area (Å²) in [5.41, 5.74) is 0.890. The van der Waals surface area contributed by atoms with Crippen molar-refractivity contribution in [2.24, 2.45) is 0 Å². The van der Waals surface area contributed by atoms with Crippen molar-refractivity contribution in [2.45, 2.75) is 42.0 Å². The summed E-state index contributed by atoms with van der Waals surface area (Å²) in [6.07, 6.45) is 0.318. The number of aromatic nitrogens is 4. The van der Waals surface area contributed by atoms with Gasteiger partial charge in [-0.3, -0.25) is 0 Å². The van der Waals surface area contributed by atoms with E-state index in [1.165, 1.54) is 0 Å². The predicted molar refractivity (Wildman–Crippen MR) is 97.8 cm³/mol. The second kappa shape index (κ2) is 7.92. The van der Waals surface area contributed by atoms with Crippen LogP contribution in [0.15, 0.2) is 59.1 Å². The molecule has 3 aromatic rings. The van der Waals surface area contributed by atoms with Gasteiger partial charge in [-0.2, -0.15) is 13.2 Å². The molecule has 0 N–H and O–H groups in total. The van der Waals surface area contributed by atoms with E-state index in [-0.39, 0.29) is 11.3 Å². The van der Waals surface area contributed by atoms with Crippen LogP contribution in [0.3, 0.4) is 0 Å². The first-order chi connectivity index (χ1) is 13.5. The number of nitrogens with zero attached hydrogens (tertiary/aromatic N) is 4. The Labute approximate surface area is 164 Å². The highest BCUT2D eigenvalue weighted by Crippen LogP contribution is 2.33. The van der Waals surface area contributed by atoms with Gasteiger partial charge in [-0.25, -0.2) is 15.0 Å². The highest BCUT2D eigenvalue weighted by Gasteiger charge is 2.33. The largest absolute Gasteiger partial charge is 0.433 e. The molecular weight excluding hydrogens is 389 g/mol. The zero-order valence-corrected chi connectivity index (χ0v) is 15.6. The van der Waals surface area contributed by atoms with Crippen molar-refractivity contribution in [2.75, 3.05) is 6.61 Å². The first kappa shape index (κ1) is 18.9. The van der Waals surface area contributed by atoms with Crippen molar-refractivity contribution in [3.63, 3.8) is 0 Å². The van der Waals surface area contributed by atoms with Crippen molar-refractivity contribution < 1.29 is 17.9 Å². The number of rotatable bonds is 5. The number of ether oxygens (including phenoxy) is 1. The standard InChI is InChI=1S/C19H17F3N4OS/c20-19(21,22)16-8-9-23-17(25-16)28-18-24-11-15(13-5-2-1-3-6-13)26(18)12-14-7-4-10-27-14/h1-3,5-6,8-9,11,14H,4,7,10,12H2/t14-/m0/s1. The van der Waals surface area contributed by atoms with E-state index in [9.17, 15) is 13.2 Å². The molecule has 0 radical (unpaired) electrons. The summed E-state index contributed by atoms with van der Waals surface area (Å²) in [5, 5.41) is 0.544. The smallest absolute Gasteiger partial charge is 0.376 e. The summed E-state index contributed by atoms with van der Waals surface area (Å²) in [5.74, 6) is 0. The molecule has 1 fully saturated rings. The molecule has 0 unspecified atom stereocenters. The number of benzene rings is 1. The van der Waals surface area contributed by atoms with E-state index >= 15 is 0 Å². The number of hydrogen-bond donors (Lipinski definition) is 0. The lowest BCUT2D eigenvalue weighted by Gasteiger charge is -2.16. The monoisotopic (exact) mass is 406 g/mol. The maximum atomic E-state index is 12.9. The normalized spacial score (nSPS) is 17.2. The summed E-state index contributed by atoms with van der Waals surface area (Å²) >= 11 is 1.02. The summed E-state index contributed by atoms with van der Waals surface area (Å²) in [4.78, 5) is 12.0. The average Bonchev–Trinajstić information content (AvgIpc) is 3.33. The maximum absolute atomic E-state index is 12.9. The van der Waals surface area contributed by atoms with Crippen LogP contribution in [-0.2, 0) is 17.5 Å². The molecule has 0 spiro atoms. The summed E-state index contributed by atoms with van der Waals surface area (Å²) in [6, 6.07) is 10.6. The fourth-order valence-corrected chi connectivity index (χ4v) is 3.89. The van der Waals surface area contributed by atoms with E-state index in [2.05, 4.69) is 15.0 Å². The molecule has 1 atom stereocenters. The first-order valence-electron chi connectivity index (χ1n) is 8.81. The molecule has 4 rings (SSSR count). The van der Waals surface area contributed by atoms with E-state index in [0.717, 1.165) is 54.7 Å². The van der Waals surface area contributed by atoms with Gasteiger partial charge in [0, 0.05) is 12.8 Å². The quantitative estimate of drug-likeness (QED) is 0.576. The lowest BCUT2D eigenvalue weighted by Crippen LogP contribution is -2.16. The molecule has 1 aliphatic heterocycles. The minimum Gasteiger partial charge on any atom is -0.376 e. The molecule has 1 saturated heterocycles. The molecule has 146 valence electrons. The Bertz CT molecular complexity index is 940. The average molecular weight is 406 g/mol. The van der Waals surface area contributed by atoms with Crippen LogP contribution in [-0.4, -0.2) is 32.2 Å². The van der Waals surface area contributed by atoms with Gasteiger partial charge < -0.3 is 9.30 Å². The van der Waals surface area contributed by atoms with Crippen molar-refractivity contribution >= 4 is 11.8 Å². The third kappa shape index (κ3) is 4.20. The molecular formula is C19H17F3N4OS. The molecule has 3 heterocycles. The lowest BCUT2D eigenvalue weighted by molar-refractivity contribution is -0.141. The zero-order valence-electron chi connectivity index (χ0n) is 14.8. The molecule has 0 aliphatic carbocycles. The Kier molecular flexibility index (Phi) is 5.36. The van der Waals surface area contributed by atoms with Gasteiger partial charge in [0.05, 0.1) is 24.5 Å². The van der Waals surface area contributed by atoms with E-state index in [0.29, 0.717) is 11.7 Å². The Hall–Kier alpha value is -2.39. The number of halogens is 3. The summed E-state index contributed by atoms with van der Waals surface area (Å²) < 4.78 is 46.6. The van der Waals surface area contributed by atoms with E-state index in [4.69, 9.17) is 4.74 Å². The molecule has 9 heteroatoms. The summed E-state index contributed by atoms with van der Waals surface area (Å²) in [6.45, 7) is 1.30. The minimum absolute atomic E-state index is 0.00799.